The number of aliphatic imine (C=N–C) groups is 1. The Kier molecular flexibility index (Phi) is 8.27. The average molecular weight is 422 g/mol. The molecule has 0 aliphatic carbocycles. The van der Waals surface area contributed by atoms with Crippen LogP contribution in [0, 0.1) is 0 Å². The van der Waals surface area contributed by atoms with Crippen LogP contribution in [0.4, 0.5) is 0 Å². The van der Waals surface area contributed by atoms with Crippen molar-refractivity contribution in [1.29, 1.82) is 0 Å². The predicted octanol–water partition coefficient (Wildman–Crippen LogP) is 2.98. The molecule has 0 spiro atoms. The van der Waals surface area contributed by atoms with Crippen LogP contribution >= 0.6 is 11.6 Å². The number of nitrogens with zero attached hydrogens (tertiary/aromatic N) is 4. The quantitative estimate of drug-likeness (QED) is 0.398. The van der Waals surface area contributed by atoms with Crippen LogP contribution in [0.3, 0.4) is 0 Å². The number of nitrogens with one attached hydrogen (secondary N) is 1. The van der Waals surface area contributed by atoms with Gasteiger partial charge in [-0.25, -0.2) is 0 Å². The maximum atomic E-state index is 5.92. The van der Waals surface area contributed by atoms with Crippen molar-refractivity contribution in [3.8, 4) is 11.4 Å². The molecule has 1 saturated heterocycles. The molecule has 1 aromatic carbocycles. The zero-order valence-electron chi connectivity index (χ0n) is 16.9. The van der Waals surface area contributed by atoms with Crippen LogP contribution in [0.15, 0.2) is 33.8 Å². The highest BCUT2D eigenvalue weighted by Crippen LogP contribution is 2.19. The number of hydrogen-bond donors (Lipinski definition) is 1. The monoisotopic (exact) mass is 421 g/mol. The van der Waals surface area contributed by atoms with E-state index in [-0.39, 0.29) is 0 Å². The zero-order valence-corrected chi connectivity index (χ0v) is 17.7. The van der Waals surface area contributed by atoms with Gasteiger partial charge in [0.25, 0.3) is 0 Å². The maximum Gasteiger partial charge on any atom is 0.246 e. The summed E-state index contributed by atoms with van der Waals surface area (Å²) in [5.74, 6) is 1.88. The zero-order chi connectivity index (χ0) is 20.5. The number of hydrogen-bond acceptors (Lipinski definition) is 6. The lowest BCUT2D eigenvalue weighted by Gasteiger charge is -2.34. The lowest BCUT2D eigenvalue weighted by atomic mass is 10.1. The van der Waals surface area contributed by atoms with Gasteiger partial charge in [-0.3, -0.25) is 4.99 Å². The first-order chi connectivity index (χ1) is 14.2. The van der Waals surface area contributed by atoms with Gasteiger partial charge in [0.05, 0.1) is 12.6 Å². The normalized spacial score (nSPS) is 15.7. The minimum atomic E-state index is 0.305. The van der Waals surface area contributed by atoms with E-state index in [4.69, 9.17) is 25.6 Å². The number of likely N-dealkylation sites (tertiary alicyclic amines) is 1. The molecule has 1 aromatic heterocycles. The summed E-state index contributed by atoms with van der Waals surface area (Å²) < 4.78 is 16.3. The topological polar surface area (TPSA) is 85.0 Å². The number of guanidine groups is 1. The predicted molar refractivity (Wildman–Crippen MR) is 112 cm³/mol. The molecule has 3 rings (SSSR count). The number of ether oxygens (including phenoxy) is 2. The Labute approximate surface area is 176 Å². The first kappa shape index (κ1) is 21.5. The van der Waals surface area contributed by atoms with Crippen molar-refractivity contribution >= 4 is 17.6 Å². The SMILES string of the molecule is CN=C(NCc1nc(-c2ccc(Cl)cc2)no1)N1CCC(OCCCOC)CC1. The fourth-order valence-corrected chi connectivity index (χ4v) is 3.34. The summed E-state index contributed by atoms with van der Waals surface area (Å²) in [6.07, 6.45) is 3.20. The molecule has 0 saturated carbocycles. The van der Waals surface area contributed by atoms with Gasteiger partial charge in [-0.1, -0.05) is 16.8 Å². The van der Waals surface area contributed by atoms with E-state index in [2.05, 4.69) is 25.3 Å². The Balaban J connectivity index is 1.45. The number of methoxy groups -OCH3 is 1. The van der Waals surface area contributed by atoms with Gasteiger partial charge in [-0.2, -0.15) is 4.98 Å². The molecule has 1 N–H and O–H groups in total. The Morgan fingerprint density at radius 2 is 2.03 bits per heavy atom. The Morgan fingerprint density at radius 3 is 2.72 bits per heavy atom. The average Bonchev–Trinajstić information content (AvgIpc) is 3.22. The van der Waals surface area contributed by atoms with E-state index < -0.39 is 0 Å². The van der Waals surface area contributed by atoms with Crippen molar-refractivity contribution in [3.05, 3.63) is 35.2 Å². The third-order valence-electron chi connectivity index (χ3n) is 4.77. The third-order valence-corrected chi connectivity index (χ3v) is 5.02. The highest BCUT2D eigenvalue weighted by molar-refractivity contribution is 6.30. The molecule has 1 aliphatic rings. The van der Waals surface area contributed by atoms with Gasteiger partial charge in [0.15, 0.2) is 5.96 Å². The van der Waals surface area contributed by atoms with Gasteiger partial charge < -0.3 is 24.2 Å². The molecule has 0 atom stereocenters. The summed E-state index contributed by atoms with van der Waals surface area (Å²) in [7, 11) is 3.49. The standard InChI is InChI=1S/C20H28ClN5O3/c1-22-20(26-10-8-17(9-11-26)28-13-3-12-27-2)23-14-18-24-19(25-29-18)15-4-6-16(21)7-5-15/h4-7,17H,3,8-14H2,1-2H3,(H,22,23). The molecule has 9 heteroatoms. The van der Waals surface area contributed by atoms with Gasteiger partial charge >= 0.3 is 0 Å². The van der Waals surface area contributed by atoms with Crippen molar-refractivity contribution in [2.24, 2.45) is 4.99 Å². The number of aromatic nitrogens is 2. The Morgan fingerprint density at radius 1 is 1.28 bits per heavy atom. The number of piperidine rings is 1. The second kappa shape index (κ2) is 11.1. The second-order valence-corrected chi connectivity index (χ2v) is 7.26. The van der Waals surface area contributed by atoms with Crippen molar-refractivity contribution in [2.75, 3.05) is 40.5 Å². The van der Waals surface area contributed by atoms with Crippen molar-refractivity contribution in [3.63, 3.8) is 0 Å². The van der Waals surface area contributed by atoms with E-state index in [0.717, 1.165) is 57.1 Å². The molecule has 0 unspecified atom stereocenters. The molecule has 158 valence electrons. The van der Waals surface area contributed by atoms with E-state index in [1.807, 2.05) is 12.1 Å². The van der Waals surface area contributed by atoms with Crippen LogP contribution in [0.2, 0.25) is 5.02 Å². The van der Waals surface area contributed by atoms with Crippen LogP contribution in [-0.2, 0) is 16.0 Å². The van der Waals surface area contributed by atoms with Gasteiger partial charge in [0, 0.05) is 51.0 Å². The smallest absolute Gasteiger partial charge is 0.246 e. The molecule has 0 radical (unpaired) electrons. The summed E-state index contributed by atoms with van der Waals surface area (Å²) >= 11 is 5.92. The highest BCUT2D eigenvalue weighted by Gasteiger charge is 2.22. The number of rotatable bonds is 8. The van der Waals surface area contributed by atoms with Crippen LogP contribution < -0.4 is 5.32 Å². The lowest BCUT2D eigenvalue weighted by molar-refractivity contribution is 0.00987. The Bertz CT molecular complexity index is 773. The molecule has 2 aromatic rings. The minimum Gasteiger partial charge on any atom is -0.385 e. The van der Waals surface area contributed by atoms with Crippen molar-refractivity contribution in [2.45, 2.75) is 31.9 Å². The first-order valence-corrected chi connectivity index (χ1v) is 10.2. The number of benzene rings is 1. The molecular weight excluding hydrogens is 394 g/mol. The van der Waals surface area contributed by atoms with Crippen LogP contribution in [0.5, 0.6) is 0 Å². The summed E-state index contributed by atoms with van der Waals surface area (Å²) in [5, 5.41) is 8.01. The molecule has 29 heavy (non-hydrogen) atoms. The van der Waals surface area contributed by atoms with Crippen LogP contribution in [0.1, 0.15) is 25.2 Å². The minimum absolute atomic E-state index is 0.305. The number of halogens is 1. The molecule has 0 amide bonds. The highest BCUT2D eigenvalue weighted by atomic mass is 35.5. The van der Waals surface area contributed by atoms with Gasteiger partial charge in [0.1, 0.15) is 0 Å². The van der Waals surface area contributed by atoms with E-state index >= 15 is 0 Å². The molecule has 2 heterocycles. The van der Waals surface area contributed by atoms with E-state index in [1.54, 1.807) is 26.3 Å². The van der Waals surface area contributed by atoms with Gasteiger partial charge in [-0.05, 0) is 43.5 Å². The fraction of sp³-hybridized carbons (Fsp3) is 0.550. The maximum absolute atomic E-state index is 5.92. The molecular formula is C20H28ClN5O3. The summed E-state index contributed by atoms with van der Waals surface area (Å²) in [6, 6.07) is 7.34. The summed E-state index contributed by atoms with van der Waals surface area (Å²) in [5.41, 5.74) is 0.862. The molecule has 0 bridgehead atoms. The third kappa shape index (κ3) is 6.42. The molecule has 1 fully saturated rings. The second-order valence-electron chi connectivity index (χ2n) is 6.82. The van der Waals surface area contributed by atoms with Gasteiger partial charge in [-0.15, -0.1) is 0 Å². The van der Waals surface area contributed by atoms with Crippen molar-refractivity contribution < 1.29 is 14.0 Å². The van der Waals surface area contributed by atoms with Crippen LogP contribution in [0.25, 0.3) is 11.4 Å². The van der Waals surface area contributed by atoms with E-state index in [0.29, 0.717) is 29.4 Å². The Hall–Kier alpha value is -2.16. The fourth-order valence-electron chi connectivity index (χ4n) is 3.22. The largest absolute Gasteiger partial charge is 0.385 e. The van der Waals surface area contributed by atoms with E-state index in [9.17, 15) is 0 Å². The molecule has 8 nitrogen and oxygen atoms in total. The van der Waals surface area contributed by atoms with Gasteiger partial charge in [0.2, 0.25) is 11.7 Å². The first-order valence-electron chi connectivity index (χ1n) is 9.84. The molecule has 1 aliphatic heterocycles. The van der Waals surface area contributed by atoms with E-state index in [1.165, 1.54) is 0 Å². The summed E-state index contributed by atoms with van der Waals surface area (Å²) in [4.78, 5) is 11.0. The summed E-state index contributed by atoms with van der Waals surface area (Å²) in [6.45, 7) is 3.70. The lowest BCUT2D eigenvalue weighted by Crippen LogP contribution is -2.46. The van der Waals surface area contributed by atoms with Crippen molar-refractivity contribution in [1.82, 2.24) is 20.4 Å². The van der Waals surface area contributed by atoms with Crippen LogP contribution in [-0.4, -0.2) is 67.6 Å².